The Kier molecular flexibility index (Phi) is 5.37. The Morgan fingerprint density at radius 1 is 1.32 bits per heavy atom. The summed E-state index contributed by atoms with van der Waals surface area (Å²) in [5, 5.41) is 4.52. The van der Waals surface area contributed by atoms with Crippen molar-refractivity contribution in [1.29, 1.82) is 0 Å². The molecule has 0 unspecified atom stereocenters. The fourth-order valence-electron chi connectivity index (χ4n) is 1.45. The van der Waals surface area contributed by atoms with E-state index in [4.69, 9.17) is 9.15 Å². The lowest BCUT2D eigenvalue weighted by Gasteiger charge is -2.04. The van der Waals surface area contributed by atoms with Gasteiger partial charge in [-0.1, -0.05) is 23.9 Å². The molecule has 0 aliphatic rings. The maximum absolute atomic E-state index is 11.5. The third kappa shape index (κ3) is 4.48. The Morgan fingerprint density at radius 2 is 2.09 bits per heavy atom. The minimum Gasteiger partial charge on any atom is -0.455 e. The summed E-state index contributed by atoms with van der Waals surface area (Å²) < 4.78 is 10.1. The molecule has 0 bridgehead atoms. The third-order valence-corrected chi connectivity index (χ3v) is 3.23. The molecule has 0 spiro atoms. The van der Waals surface area contributed by atoms with Gasteiger partial charge in [-0.05, 0) is 12.1 Å². The van der Waals surface area contributed by atoms with Crippen LogP contribution in [0.2, 0.25) is 0 Å². The first-order chi connectivity index (χ1) is 10.6. The van der Waals surface area contributed by atoms with Crippen molar-refractivity contribution in [2.45, 2.75) is 5.22 Å². The van der Waals surface area contributed by atoms with E-state index in [-0.39, 0.29) is 5.75 Å². The summed E-state index contributed by atoms with van der Waals surface area (Å²) in [6, 6.07) is 6.56. The first-order valence-corrected chi connectivity index (χ1v) is 7.22. The lowest BCUT2D eigenvalue weighted by Crippen LogP contribution is -2.39. The molecule has 9 heteroatoms. The number of hydrogen-bond donors (Lipinski definition) is 2. The Bertz CT molecular complexity index is 667. The zero-order valence-electron chi connectivity index (χ0n) is 11.6. The number of aromatic nitrogens is 1. The van der Waals surface area contributed by atoms with Crippen molar-refractivity contribution < 1.29 is 23.5 Å². The molecule has 1 aromatic heterocycles. The van der Waals surface area contributed by atoms with Crippen molar-refractivity contribution in [3.63, 3.8) is 0 Å². The van der Waals surface area contributed by atoms with Gasteiger partial charge in [0.15, 0.2) is 12.2 Å². The predicted molar refractivity (Wildman–Crippen MR) is 78.3 cm³/mol. The number of benzene rings is 1. The SMILES string of the molecule is CNC(=O)NC(=O)COC(=O)CSc1nc2ccccc2o1. The van der Waals surface area contributed by atoms with Crippen LogP contribution >= 0.6 is 11.8 Å². The summed E-state index contributed by atoms with van der Waals surface area (Å²) in [5.74, 6) is -1.38. The normalized spacial score (nSPS) is 10.2. The predicted octanol–water partition coefficient (Wildman–Crippen LogP) is 0.919. The number of para-hydroxylation sites is 2. The number of fused-ring (bicyclic) bond motifs is 1. The minimum absolute atomic E-state index is 0.0555. The van der Waals surface area contributed by atoms with Crippen LogP contribution in [0.1, 0.15) is 0 Å². The van der Waals surface area contributed by atoms with Crippen LogP contribution in [0.3, 0.4) is 0 Å². The number of thioether (sulfide) groups is 1. The number of nitrogens with one attached hydrogen (secondary N) is 2. The molecular formula is C13H13N3O5S. The quantitative estimate of drug-likeness (QED) is 0.621. The van der Waals surface area contributed by atoms with Gasteiger partial charge in [0.25, 0.3) is 11.1 Å². The molecule has 22 heavy (non-hydrogen) atoms. The Morgan fingerprint density at radius 3 is 2.82 bits per heavy atom. The van der Waals surface area contributed by atoms with Crippen LogP contribution < -0.4 is 10.6 Å². The summed E-state index contributed by atoms with van der Waals surface area (Å²) in [6.07, 6.45) is 0. The van der Waals surface area contributed by atoms with Gasteiger partial charge in [-0.3, -0.25) is 14.9 Å². The van der Waals surface area contributed by atoms with Crippen molar-refractivity contribution in [3.8, 4) is 0 Å². The highest BCUT2D eigenvalue weighted by atomic mass is 32.2. The lowest BCUT2D eigenvalue weighted by atomic mass is 10.3. The van der Waals surface area contributed by atoms with Gasteiger partial charge in [-0.2, -0.15) is 0 Å². The van der Waals surface area contributed by atoms with E-state index in [1.165, 1.54) is 7.05 Å². The van der Waals surface area contributed by atoms with Crippen molar-refractivity contribution >= 4 is 40.8 Å². The Hall–Kier alpha value is -2.55. The summed E-state index contributed by atoms with van der Waals surface area (Å²) in [5.41, 5.74) is 1.33. The zero-order chi connectivity index (χ0) is 15.9. The smallest absolute Gasteiger partial charge is 0.321 e. The molecular weight excluding hydrogens is 310 g/mol. The number of urea groups is 1. The topological polar surface area (TPSA) is 111 Å². The van der Waals surface area contributed by atoms with Gasteiger partial charge in [0, 0.05) is 7.05 Å². The molecule has 0 aliphatic heterocycles. The van der Waals surface area contributed by atoms with Crippen LogP contribution in [0.15, 0.2) is 33.9 Å². The van der Waals surface area contributed by atoms with Crippen LogP contribution in [-0.4, -0.2) is 42.3 Å². The molecule has 116 valence electrons. The molecule has 0 fully saturated rings. The van der Waals surface area contributed by atoms with Crippen LogP contribution in [0.25, 0.3) is 11.1 Å². The molecule has 0 saturated carbocycles. The maximum atomic E-state index is 11.5. The maximum Gasteiger partial charge on any atom is 0.321 e. The van der Waals surface area contributed by atoms with Gasteiger partial charge < -0.3 is 14.5 Å². The number of imide groups is 1. The summed E-state index contributed by atoms with van der Waals surface area (Å²) in [4.78, 5) is 37.8. The molecule has 2 rings (SSSR count). The second-order valence-electron chi connectivity index (χ2n) is 4.02. The molecule has 8 nitrogen and oxygen atoms in total. The fraction of sp³-hybridized carbons (Fsp3) is 0.231. The van der Waals surface area contributed by atoms with Gasteiger partial charge in [0.1, 0.15) is 11.3 Å². The van der Waals surface area contributed by atoms with Crippen molar-refractivity contribution in [1.82, 2.24) is 15.6 Å². The molecule has 3 amide bonds. The Labute approximate surface area is 129 Å². The average molecular weight is 323 g/mol. The monoisotopic (exact) mass is 323 g/mol. The van der Waals surface area contributed by atoms with Crippen molar-refractivity contribution in [2.24, 2.45) is 0 Å². The van der Waals surface area contributed by atoms with E-state index in [2.05, 4.69) is 10.3 Å². The van der Waals surface area contributed by atoms with E-state index in [1.807, 2.05) is 17.4 Å². The number of nitrogens with zero attached hydrogens (tertiary/aromatic N) is 1. The molecule has 1 heterocycles. The minimum atomic E-state index is -0.709. The molecule has 0 aliphatic carbocycles. The van der Waals surface area contributed by atoms with Gasteiger partial charge in [0.2, 0.25) is 0 Å². The lowest BCUT2D eigenvalue weighted by molar-refractivity contribution is -0.145. The largest absolute Gasteiger partial charge is 0.455 e. The van der Waals surface area contributed by atoms with E-state index in [0.717, 1.165) is 11.8 Å². The number of hydrogen-bond acceptors (Lipinski definition) is 7. The van der Waals surface area contributed by atoms with Crippen LogP contribution in [0.4, 0.5) is 4.79 Å². The molecule has 0 saturated heterocycles. The third-order valence-electron chi connectivity index (χ3n) is 2.43. The van der Waals surface area contributed by atoms with E-state index >= 15 is 0 Å². The van der Waals surface area contributed by atoms with Crippen molar-refractivity contribution in [2.75, 3.05) is 19.4 Å². The second-order valence-corrected chi connectivity index (χ2v) is 4.95. The number of esters is 1. The average Bonchev–Trinajstić information content (AvgIpc) is 2.93. The van der Waals surface area contributed by atoms with Crippen LogP contribution in [-0.2, 0) is 14.3 Å². The van der Waals surface area contributed by atoms with Crippen molar-refractivity contribution in [3.05, 3.63) is 24.3 Å². The summed E-state index contributed by atoms with van der Waals surface area (Å²) in [6.45, 7) is -0.527. The van der Waals surface area contributed by atoms with E-state index in [1.54, 1.807) is 12.1 Å². The van der Waals surface area contributed by atoms with E-state index in [9.17, 15) is 14.4 Å². The standard InChI is InChI=1S/C13H13N3O5S/c1-14-12(19)16-10(17)6-20-11(18)7-22-13-15-8-4-2-3-5-9(8)21-13/h2-5H,6-7H2,1H3,(H2,14,16,17,19). The van der Waals surface area contributed by atoms with E-state index < -0.39 is 24.5 Å². The van der Waals surface area contributed by atoms with Gasteiger partial charge in [0.05, 0.1) is 0 Å². The molecule has 0 radical (unpaired) electrons. The number of ether oxygens (including phenoxy) is 1. The summed E-state index contributed by atoms with van der Waals surface area (Å²) >= 11 is 1.06. The number of carbonyl (C=O) groups is 3. The molecule has 0 atom stereocenters. The highest BCUT2D eigenvalue weighted by Gasteiger charge is 2.12. The second kappa shape index (κ2) is 7.46. The molecule has 1 aromatic carbocycles. The fourth-order valence-corrected chi connectivity index (χ4v) is 2.08. The summed E-state index contributed by atoms with van der Waals surface area (Å²) in [7, 11) is 1.37. The first-order valence-electron chi connectivity index (χ1n) is 6.24. The Balaban J connectivity index is 1.75. The van der Waals surface area contributed by atoms with Gasteiger partial charge >= 0.3 is 12.0 Å². The van der Waals surface area contributed by atoms with Crippen LogP contribution in [0, 0.1) is 0 Å². The molecule has 2 N–H and O–H groups in total. The van der Waals surface area contributed by atoms with Gasteiger partial charge in [-0.25, -0.2) is 9.78 Å². The zero-order valence-corrected chi connectivity index (χ0v) is 12.4. The number of rotatable bonds is 5. The highest BCUT2D eigenvalue weighted by Crippen LogP contribution is 2.22. The van der Waals surface area contributed by atoms with E-state index in [0.29, 0.717) is 16.3 Å². The number of oxazole rings is 1. The van der Waals surface area contributed by atoms with Crippen LogP contribution in [0.5, 0.6) is 0 Å². The number of carbonyl (C=O) groups excluding carboxylic acids is 3. The molecule has 2 aromatic rings. The number of amides is 3. The van der Waals surface area contributed by atoms with Gasteiger partial charge in [-0.15, -0.1) is 0 Å². The highest BCUT2D eigenvalue weighted by molar-refractivity contribution is 7.99. The first kappa shape index (κ1) is 15.8.